The Kier molecular flexibility index (Phi) is 3.37. The van der Waals surface area contributed by atoms with Crippen molar-refractivity contribution in [3.8, 4) is 0 Å². The molecule has 90 valence electrons. The van der Waals surface area contributed by atoms with Crippen molar-refractivity contribution in [2.75, 3.05) is 0 Å². The van der Waals surface area contributed by atoms with E-state index in [1.807, 2.05) is 0 Å². The fraction of sp³-hybridized carbons (Fsp3) is 0.0667. The van der Waals surface area contributed by atoms with Crippen molar-refractivity contribution in [1.82, 2.24) is 0 Å². The third kappa shape index (κ3) is 2.18. The predicted octanol–water partition coefficient (Wildman–Crippen LogP) is 4.55. The molecule has 0 aliphatic rings. The van der Waals surface area contributed by atoms with E-state index >= 15 is 0 Å². The third-order valence-corrected chi connectivity index (χ3v) is 4.70. The van der Waals surface area contributed by atoms with E-state index < -0.39 is 0 Å². The monoisotopic (exact) mass is 365 g/mol. The number of fused-ring (bicyclic) bond motifs is 1. The van der Waals surface area contributed by atoms with Crippen LogP contribution in [0.4, 0.5) is 0 Å². The van der Waals surface area contributed by atoms with Crippen LogP contribution < -0.4 is 5.73 Å². The zero-order valence-electron chi connectivity index (χ0n) is 9.64. The molecule has 0 spiro atoms. The van der Waals surface area contributed by atoms with Gasteiger partial charge in [-0.1, -0.05) is 30.3 Å². The van der Waals surface area contributed by atoms with E-state index in [-0.39, 0.29) is 6.04 Å². The van der Waals surface area contributed by atoms with Crippen molar-refractivity contribution in [2.45, 2.75) is 6.04 Å². The second-order valence-electron chi connectivity index (χ2n) is 4.22. The van der Waals surface area contributed by atoms with Crippen LogP contribution in [0.25, 0.3) is 10.1 Å². The molecule has 1 atom stereocenters. The van der Waals surface area contributed by atoms with Gasteiger partial charge in [0, 0.05) is 8.27 Å². The molecule has 0 bridgehead atoms. The van der Waals surface area contributed by atoms with Crippen molar-refractivity contribution in [2.24, 2.45) is 5.73 Å². The first-order valence-corrected chi connectivity index (χ1v) is 7.69. The van der Waals surface area contributed by atoms with E-state index in [1.165, 1.54) is 24.8 Å². The summed E-state index contributed by atoms with van der Waals surface area (Å²) in [6, 6.07) is 16.8. The number of nitrogens with two attached hydrogens (primary N) is 1. The molecule has 2 N–H and O–H groups in total. The van der Waals surface area contributed by atoms with E-state index in [4.69, 9.17) is 5.73 Å². The van der Waals surface area contributed by atoms with Gasteiger partial charge in [0.05, 0.1) is 6.04 Å². The van der Waals surface area contributed by atoms with Gasteiger partial charge < -0.3 is 5.73 Å². The topological polar surface area (TPSA) is 26.0 Å². The highest BCUT2D eigenvalue weighted by atomic mass is 127. The number of thiophene rings is 1. The van der Waals surface area contributed by atoms with Crippen LogP contribution in [0, 0.1) is 3.57 Å². The Bertz CT molecular complexity index is 690. The SMILES string of the molecule is NC(c1cccc(I)c1)c1cccc2ccsc12. The molecule has 1 heterocycles. The van der Waals surface area contributed by atoms with Gasteiger partial charge in [0.1, 0.15) is 0 Å². The molecule has 1 nitrogen and oxygen atoms in total. The summed E-state index contributed by atoms with van der Waals surface area (Å²) in [6.45, 7) is 0. The minimum absolute atomic E-state index is 0.0536. The number of hydrogen-bond acceptors (Lipinski definition) is 2. The fourth-order valence-electron chi connectivity index (χ4n) is 2.14. The largest absolute Gasteiger partial charge is 0.320 e. The fourth-order valence-corrected chi connectivity index (χ4v) is 3.66. The summed E-state index contributed by atoms with van der Waals surface area (Å²) in [6.07, 6.45) is 0. The van der Waals surface area contributed by atoms with Gasteiger partial charge in [0.2, 0.25) is 0 Å². The number of rotatable bonds is 2. The highest BCUT2D eigenvalue weighted by Crippen LogP contribution is 2.31. The van der Waals surface area contributed by atoms with Crippen molar-refractivity contribution >= 4 is 44.0 Å². The molecule has 0 radical (unpaired) electrons. The van der Waals surface area contributed by atoms with Crippen molar-refractivity contribution in [1.29, 1.82) is 0 Å². The average molecular weight is 365 g/mol. The Balaban J connectivity index is 2.12. The van der Waals surface area contributed by atoms with Gasteiger partial charge >= 0.3 is 0 Å². The van der Waals surface area contributed by atoms with Crippen LogP contribution in [0.3, 0.4) is 0 Å². The summed E-state index contributed by atoms with van der Waals surface area (Å²) in [5, 5.41) is 3.40. The summed E-state index contributed by atoms with van der Waals surface area (Å²) in [5.74, 6) is 0. The molecule has 3 aromatic rings. The van der Waals surface area contributed by atoms with Crippen LogP contribution in [-0.2, 0) is 0 Å². The van der Waals surface area contributed by atoms with E-state index in [1.54, 1.807) is 11.3 Å². The maximum Gasteiger partial charge on any atom is 0.0566 e. The molecule has 0 saturated heterocycles. The lowest BCUT2D eigenvalue weighted by molar-refractivity contribution is 0.881. The molecule has 1 unspecified atom stereocenters. The summed E-state index contributed by atoms with van der Waals surface area (Å²) >= 11 is 4.08. The lowest BCUT2D eigenvalue weighted by Crippen LogP contribution is -2.11. The van der Waals surface area contributed by atoms with Gasteiger partial charge in [-0.15, -0.1) is 11.3 Å². The summed E-state index contributed by atoms with van der Waals surface area (Å²) < 4.78 is 2.52. The first-order valence-electron chi connectivity index (χ1n) is 5.73. The molecule has 0 saturated carbocycles. The van der Waals surface area contributed by atoms with Crippen LogP contribution in [0.15, 0.2) is 53.9 Å². The maximum absolute atomic E-state index is 6.41. The summed E-state index contributed by atoms with van der Waals surface area (Å²) in [4.78, 5) is 0. The van der Waals surface area contributed by atoms with Crippen LogP contribution in [0.1, 0.15) is 17.2 Å². The highest BCUT2D eigenvalue weighted by molar-refractivity contribution is 14.1. The first-order chi connectivity index (χ1) is 8.75. The van der Waals surface area contributed by atoms with Crippen molar-refractivity contribution in [3.05, 3.63) is 68.6 Å². The molecular formula is C15H12INS. The van der Waals surface area contributed by atoms with Gasteiger partial charge in [-0.25, -0.2) is 0 Å². The predicted molar refractivity (Wildman–Crippen MR) is 87.0 cm³/mol. The average Bonchev–Trinajstić information content (AvgIpc) is 2.86. The maximum atomic E-state index is 6.41. The molecule has 3 rings (SSSR count). The number of halogens is 1. The van der Waals surface area contributed by atoms with Crippen LogP contribution in [0.5, 0.6) is 0 Å². The van der Waals surface area contributed by atoms with Gasteiger partial charge in [-0.3, -0.25) is 0 Å². The van der Waals surface area contributed by atoms with Crippen LogP contribution >= 0.6 is 33.9 Å². The van der Waals surface area contributed by atoms with Crippen molar-refractivity contribution in [3.63, 3.8) is 0 Å². The Hall–Kier alpha value is -0.910. The van der Waals surface area contributed by atoms with Crippen LogP contribution in [-0.4, -0.2) is 0 Å². The molecular weight excluding hydrogens is 353 g/mol. The van der Waals surface area contributed by atoms with E-state index in [0.29, 0.717) is 0 Å². The highest BCUT2D eigenvalue weighted by Gasteiger charge is 2.12. The molecule has 18 heavy (non-hydrogen) atoms. The number of hydrogen-bond donors (Lipinski definition) is 1. The Labute approximate surface area is 124 Å². The minimum atomic E-state index is -0.0536. The normalized spacial score (nSPS) is 12.8. The van der Waals surface area contributed by atoms with Gasteiger partial charge in [0.15, 0.2) is 0 Å². The van der Waals surface area contributed by atoms with Gasteiger partial charge in [-0.05, 0) is 62.7 Å². The quantitative estimate of drug-likeness (QED) is 0.663. The lowest BCUT2D eigenvalue weighted by Gasteiger charge is -2.14. The van der Waals surface area contributed by atoms with Gasteiger partial charge in [0.25, 0.3) is 0 Å². The minimum Gasteiger partial charge on any atom is -0.320 e. The Morgan fingerprint density at radius 3 is 2.72 bits per heavy atom. The zero-order valence-corrected chi connectivity index (χ0v) is 12.6. The van der Waals surface area contributed by atoms with Crippen LogP contribution in [0.2, 0.25) is 0 Å². The molecule has 0 aliphatic carbocycles. The van der Waals surface area contributed by atoms with E-state index in [9.17, 15) is 0 Å². The zero-order chi connectivity index (χ0) is 12.5. The van der Waals surface area contributed by atoms with Crippen molar-refractivity contribution < 1.29 is 0 Å². The first kappa shape index (κ1) is 12.1. The standard InChI is InChI=1S/C15H12INS/c16-12-5-1-4-11(9-12)14(17)13-6-2-3-10-7-8-18-15(10)13/h1-9,14H,17H2. The van der Waals surface area contributed by atoms with Gasteiger partial charge in [-0.2, -0.15) is 0 Å². The van der Waals surface area contributed by atoms with E-state index in [0.717, 1.165) is 0 Å². The Morgan fingerprint density at radius 1 is 1.06 bits per heavy atom. The smallest absolute Gasteiger partial charge is 0.0566 e. The lowest BCUT2D eigenvalue weighted by atomic mass is 9.99. The molecule has 0 aliphatic heterocycles. The Morgan fingerprint density at radius 2 is 1.89 bits per heavy atom. The molecule has 1 aromatic heterocycles. The second kappa shape index (κ2) is 4.99. The third-order valence-electron chi connectivity index (χ3n) is 3.05. The molecule has 0 amide bonds. The second-order valence-corrected chi connectivity index (χ2v) is 6.38. The summed E-state index contributed by atoms with van der Waals surface area (Å²) in [5.41, 5.74) is 8.80. The molecule has 2 aromatic carbocycles. The molecule has 0 fully saturated rings. The van der Waals surface area contributed by atoms with E-state index in [2.05, 4.69) is 76.5 Å². The molecule has 3 heteroatoms. The number of benzene rings is 2. The summed E-state index contributed by atoms with van der Waals surface area (Å²) in [7, 11) is 0.